The van der Waals surface area contributed by atoms with Crippen LogP contribution in [0.1, 0.15) is 25.5 Å². The zero-order valence-corrected chi connectivity index (χ0v) is 10.6. The highest BCUT2D eigenvalue weighted by Crippen LogP contribution is 2.27. The number of nitrogens with one attached hydrogen (secondary N) is 1. The van der Waals surface area contributed by atoms with Crippen molar-refractivity contribution in [1.82, 2.24) is 5.32 Å². The van der Waals surface area contributed by atoms with Crippen LogP contribution in [0.4, 0.5) is 4.39 Å². The maximum Gasteiger partial charge on any atom is 0.137 e. The predicted octanol–water partition coefficient (Wildman–Crippen LogP) is 2.58. The van der Waals surface area contributed by atoms with Gasteiger partial charge in [-0.3, -0.25) is 0 Å². The van der Waals surface area contributed by atoms with E-state index in [1.165, 1.54) is 11.8 Å². The molecule has 2 N–H and O–H groups in total. The van der Waals surface area contributed by atoms with E-state index in [2.05, 4.69) is 5.32 Å². The molecule has 0 saturated carbocycles. The van der Waals surface area contributed by atoms with Crippen LogP contribution in [0.5, 0.6) is 0 Å². The van der Waals surface area contributed by atoms with E-state index in [1.54, 1.807) is 12.1 Å². The lowest BCUT2D eigenvalue weighted by Gasteiger charge is -2.13. The third-order valence-electron chi connectivity index (χ3n) is 2.47. The normalized spacial score (nSPS) is 14.8. The van der Waals surface area contributed by atoms with Crippen LogP contribution in [0.2, 0.25) is 0 Å². The Morgan fingerprint density at radius 1 is 1.44 bits per heavy atom. The molecule has 1 rings (SSSR count). The molecule has 0 spiro atoms. The summed E-state index contributed by atoms with van der Waals surface area (Å²) in [5, 5.41) is 12.0. The molecule has 0 fully saturated rings. The van der Waals surface area contributed by atoms with Gasteiger partial charge in [0.2, 0.25) is 0 Å². The van der Waals surface area contributed by atoms with Crippen LogP contribution in [0.25, 0.3) is 0 Å². The first-order chi connectivity index (χ1) is 7.58. The molecule has 0 radical (unpaired) electrons. The van der Waals surface area contributed by atoms with E-state index in [0.717, 1.165) is 5.56 Å². The molecule has 2 unspecified atom stereocenters. The fourth-order valence-corrected chi connectivity index (χ4v) is 2.13. The first-order valence-electron chi connectivity index (χ1n) is 5.32. The monoisotopic (exact) mass is 243 g/mol. The molecule has 2 nitrogen and oxygen atoms in total. The van der Waals surface area contributed by atoms with Crippen molar-refractivity contribution in [2.75, 3.05) is 13.7 Å². The maximum atomic E-state index is 13.7. The van der Waals surface area contributed by atoms with E-state index in [0.29, 0.717) is 4.90 Å². The second kappa shape index (κ2) is 6.23. The van der Waals surface area contributed by atoms with Gasteiger partial charge in [0.25, 0.3) is 0 Å². The molecular weight excluding hydrogens is 225 g/mol. The molecule has 16 heavy (non-hydrogen) atoms. The summed E-state index contributed by atoms with van der Waals surface area (Å²) in [6.45, 7) is 3.91. The summed E-state index contributed by atoms with van der Waals surface area (Å²) in [4.78, 5) is 0.591. The van der Waals surface area contributed by atoms with Gasteiger partial charge in [0.05, 0.1) is 6.61 Å². The Kier molecular flexibility index (Phi) is 5.25. The van der Waals surface area contributed by atoms with Crippen molar-refractivity contribution in [1.29, 1.82) is 0 Å². The minimum atomic E-state index is -0.218. The smallest absolute Gasteiger partial charge is 0.137 e. The highest BCUT2D eigenvalue weighted by Gasteiger charge is 2.10. The Balaban J connectivity index is 2.83. The van der Waals surface area contributed by atoms with E-state index in [9.17, 15) is 4.39 Å². The molecule has 2 atom stereocenters. The number of aliphatic hydroxyl groups excluding tert-OH is 1. The van der Waals surface area contributed by atoms with Crippen LogP contribution in [-0.4, -0.2) is 24.0 Å². The predicted molar refractivity (Wildman–Crippen MR) is 66.3 cm³/mol. The zero-order chi connectivity index (χ0) is 12.1. The Hall–Kier alpha value is -0.580. The molecular formula is C12H18FNOS. The van der Waals surface area contributed by atoms with Crippen molar-refractivity contribution in [3.63, 3.8) is 0 Å². The van der Waals surface area contributed by atoms with E-state index >= 15 is 0 Å². The molecule has 0 aliphatic heterocycles. The topological polar surface area (TPSA) is 32.3 Å². The Bertz CT molecular complexity index is 346. The van der Waals surface area contributed by atoms with Gasteiger partial charge in [0.15, 0.2) is 0 Å². The van der Waals surface area contributed by atoms with Gasteiger partial charge in [0, 0.05) is 16.2 Å². The summed E-state index contributed by atoms with van der Waals surface area (Å²) in [7, 11) is 1.85. The van der Waals surface area contributed by atoms with Crippen LogP contribution < -0.4 is 5.32 Å². The molecule has 0 aliphatic rings. The van der Waals surface area contributed by atoms with Crippen LogP contribution >= 0.6 is 11.8 Å². The van der Waals surface area contributed by atoms with Gasteiger partial charge in [-0.1, -0.05) is 13.0 Å². The molecule has 90 valence electrons. The molecule has 0 bridgehead atoms. The number of aliphatic hydroxyl groups is 1. The largest absolute Gasteiger partial charge is 0.395 e. The molecule has 0 aliphatic carbocycles. The minimum Gasteiger partial charge on any atom is -0.395 e. The zero-order valence-electron chi connectivity index (χ0n) is 9.83. The molecule has 0 heterocycles. The van der Waals surface area contributed by atoms with Crippen LogP contribution in [-0.2, 0) is 0 Å². The molecule has 0 aromatic heterocycles. The fourth-order valence-electron chi connectivity index (χ4n) is 1.30. The van der Waals surface area contributed by atoms with Crippen molar-refractivity contribution in [2.24, 2.45) is 0 Å². The van der Waals surface area contributed by atoms with E-state index in [1.807, 2.05) is 27.0 Å². The second-order valence-electron chi connectivity index (χ2n) is 3.81. The van der Waals surface area contributed by atoms with Gasteiger partial charge >= 0.3 is 0 Å². The van der Waals surface area contributed by atoms with Gasteiger partial charge < -0.3 is 10.4 Å². The number of halogens is 1. The van der Waals surface area contributed by atoms with E-state index in [-0.39, 0.29) is 23.7 Å². The average molecular weight is 243 g/mol. The lowest BCUT2D eigenvalue weighted by Crippen LogP contribution is -2.12. The lowest BCUT2D eigenvalue weighted by molar-refractivity contribution is 0.300. The maximum absolute atomic E-state index is 13.7. The first-order valence-corrected chi connectivity index (χ1v) is 6.20. The average Bonchev–Trinajstić information content (AvgIpc) is 2.30. The van der Waals surface area contributed by atoms with Crippen LogP contribution in [0, 0.1) is 5.82 Å². The van der Waals surface area contributed by atoms with Crippen LogP contribution in [0.3, 0.4) is 0 Å². The van der Waals surface area contributed by atoms with Crippen molar-refractivity contribution < 1.29 is 9.50 Å². The number of hydrogen-bond donors (Lipinski definition) is 2. The van der Waals surface area contributed by atoms with Gasteiger partial charge in [-0.15, -0.1) is 11.8 Å². The molecule has 1 aromatic carbocycles. The summed E-state index contributed by atoms with van der Waals surface area (Å²) in [6.07, 6.45) is 0. The third-order valence-corrected chi connectivity index (χ3v) is 3.61. The number of rotatable bonds is 5. The lowest BCUT2D eigenvalue weighted by atomic mass is 10.1. The van der Waals surface area contributed by atoms with Crippen LogP contribution in [0.15, 0.2) is 23.1 Å². The summed E-state index contributed by atoms with van der Waals surface area (Å²) in [5.41, 5.74) is 0.931. The Morgan fingerprint density at radius 2 is 2.12 bits per heavy atom. The summed E-state index contributed by atoms with van der Waals surface area (Å²) >= 11 is 1.35. The quantitative estimate of drug-likeness (QED) is 0.780. The molecule has 1 aromatic rings. The number of hydrogen-bond acceptors (Lipinski definition) is 3. The van der Waals surface area contributed by atoms with Gasteiger partial charge in [-0.25, -0.2) is 4.39 Å². The summed E-state index contributed by atoms with van der Waals surface area (Å²) in [5.74, 6) is -0.218. The molecule has 0 amide bonds. The molecule has 0 saturated heterocycles. The SMILES string of the molecule is CNC(C)c1ccc(SC(C)CO)c(F)c1. The van der Waals surface area contributed by atoms with Crippen molar-refractivity contribution >= 4 is 11.8 Å². The highest BCUT2D eigenvalue weighted by atomic mass is 32.2. The summed E-state index contributed by atoms with van der Waals surface area (Å²) < 4.78 is 13.7. The fraction of sp³-hybridized carbons (Fsp3) is 0.500. The van der Waals surface area contributed by atoms with E-state index < -0.39 is 0 Å². The number of thioether (sulfide) groups is 1. The van der Waals surface area contributed by atoms with Crippen molar-refractivity contribution in [2.45, 2.75) is 30.0 Å². The minimum absolute atomic E-state index is 0.0158. The third kappa shape index (κ3) is 3.47. The van der Waals surface area contributed by atoms with Gasteiger partial charge in [0.1, 0.15) is 5.82 Å². The molecule has 4 heteroatoms. The first kappa shape index (κ1) is 13.5. The second-order valence-corrected chi connectivity index (χ2v) is 5.29. The summed E-state index contributed by atoms with van der Waals surface area (Å²) in [6, 6.07) is 5.38. The van der Waals surface area contributed by atoms with Gasteiger partial charge in [-0.05, 0) is 31.7 Å². The Labute approximate surface area is 100 Å². The van der Waals surface area contributed by atoms with E-state index in [4.69, 9.17) is 5.11 Å². The Morgan fingerprint density at radius 3 is 2.62 bits per heavy atom. The van der Waals surface area contributed by atoms with Gasteiger partial charge in [-0.2, -0.15) is 0 Å². The van der Waals surface area contributed by atoms with Crippen molar-refractivity contribution in [3.8, 4) is 0 Å². The van der Waals surface area contributed by atoms with Crippen molar-refractivity contribution in [3.05, 3.63) is 29.6 Å². The highest BCUT2D eigenvalue weighted by molar-refractivity contribution is 8.00. The standard InChI is InChI=1S/C12H18FNOS/c1-8(7-15)16-12-5-4-10(6-11(12)13)9(2)14-3/h4-6,8-9,14-15H,7H2,1-3H3. The number of benzene rings is 1.